The summed E-state index contributed by atoms with van der Waals surface area (Å²) < 4.78 is 1.19. The topological polar surface area (TPSA) is 12.9 Å². The molecule has 2 heteroatoms. The predicted molar refractivity (Wildman–Crippen MR) is 52.7 cm³/mol. The van der Waals surface area contributed by atoms with Crippen molar-refractivity contribution in [1.29, 1.82) is 0 Å². The van der Waals surface area contributed by atoms with Crippen molar-refractivity contribution >= 4 is 21.6 Å². The first-order valence-corrected chi connectivity index (χ1v) is 4.75. The van der Waals surface area contributed by atoms with Gasteiger partial charge in [0.15, 0.2) is 0 Å². The van der Waals surface area contributed by atoms with Gasteiger partial charge in [0.1, 0.15) is 0 Å². The summed E-state index contributed by atoms with van der Waals surface area (Å²) in [6, 6.07) is 5.43. The summed E-state index contributed by atoms with van der Waals surface area (Å²) in [6.45, 7) is 6.21. The minimum Gasteiger partial charge on any atom is -0.241 e. The van der Waals surface area contributed by atoms with E-state index in [0.29, 0.717) is 0 Å². The Morgan fingerprint density at radius 2 is 2.08 bits per heavy atom. The van der Waals surface area contributed by atoms with Crippen molar-refractivity contribution in [3.8, 4) is 0 Å². The van der Waals surface area contributed by atoms with E-state index in [1.807, 2.05) is 6.92 Å². The van der Waals surface area contributed by atoms with Crippen molar-refractivity contribution in [2.24, 2.45) is 0 Å². The van der Waals surface area contributed by atoms with Gasteiger partial charge in [0.05, 0.1) is 15.2 Å². The van der Waals surface area contributed by atoms with Crippen LogP contribution >= 0.6 is 11.3 Å². The first-order chi connectivity index (χ1) is 5.66. The highest BCUT2D eigenvalue weighted by Crippen LogP contribution is 2.24. The fourth-order valence-corrected chi connectivity index (χ4v) is 2.34. The van der Waals surface area contributed by atoms with Gasteiger partial charge < -0.3 is 0 Å². The Kier molecular flexibility index (Phi) is 1.65. The number of benzene rings is 1. The molecule has 0 aliphatic carbocycles. The Hall–Kier alpha value is -0.890. The van der Waals surface area contributed by atoms with Gasteiger partial charge in [0.25, 0.3) is 0 Å². The van der Waals surface area contributed by atoms with Crippen LogP contribution < -0.4 is 0 Å². The van der Waals surface area contributed by atoms with Gasteiger partial charge in [0.2, 0.25) is 0 Å². The van der Waals surface area contributed by atoms with Crippen molar-refractivity contribution in [2.75, 3.05) is 0 Å². The minimum atomic E-state index is 1.11. The normalized spacial score (nSPS) is 10.9. The van der Waals surface area contributed by atoms with E-state index in [1.54, 1.807) is 11.3 Å². The molecule has 0 amide bonds. The zero-order valence-electron chi connectivity index (χ0n) is 7.43. The summed E-state index contributed by atoms with van der Waals surface area (Å²) in [7, 11) is 0. The molecular formula is C10H10NS. The molecule has 0 atom stereocenters. The van der Waals surface area contributed by atoms with Crippen molar-refractivity contribution in [3.63, 3.8) is 0 Å². The summed E-state index contributed by atoms with van der Waals surface area (Å²) in [4.78, 5) is 4.44. The fourth-order valence-electron chi connectivity index (χ4n) is 1.39. The average Bonchev–Trinajstić information content (AvgIpc) is 2.29. The lowest BCUT2D eigenvalue weighted by Crippen LogP contribution is -1.79. The number of aromatic nitrogens is 1. The Balaban J connectivity index is 2.88. The molecule has 0 saturated heterocycles. The monoisotopic (exact) mass is 176 g/mol. The summed E-state index contributed by atoms with van der Waals surface area (Å²) in [6.07, 6.45) is 0. The fraction of sp³-hybridized carbons (Fsp3) is 0.300. The van der Waals surface area contributed by atoms with Crippen LogP contribution in [0.3, 0.4) is 0 Å². The van der Waals surface area contributed by atoms with Gasteiger partial charge in [0, 0.05) is 6.07 Å². The van der Waals surface area contributed by atoms with Crippen LogP contribution in [0.1, 0.15) is 16.1 Å². The van der Waals surface area contributed by atoms with Crippen LogP contribution in [0.4, 0.5) is 0 Å². The van der Waals surface area contributed by atoms with E-state index < -0.39 is 0 Å². The smallest absolute Gasteiger partial charge is 0.0908 e. The molecule has 2 rings (SSSR count). The van der Waals surface area contributed by atoms with Gasteiger partial charge in [-0.05, 0) is 31.9 Å². The number of fused-ring (bicyclic) bond motifs is 1. The maximum Gasteiger partial charge on any atom is 0.0908 e. The molecule has 0 bridgehead atoms. The van der Waals surface area contributed by atoms with Gasteiger partial charge in [-0.1, -0.05) is 6.07 Å². The van der Waals surface area contributed by atoms with Crippen LogP contribution in [0, 0.1) is 26.8 Å². The minimum absolute atomic E-state index is 1.11. The standard InChI is InChI=1S/C10H10NS/c1-6-4-7(2)10-9(5-6)12-8(3)11-10/h4H,1-3H3. The van der Waals surface area contributed by atoms with Crippen molar-refractivity contribution in [3.05, 3.63) is 28.3 Å². The highest BCUT2D eigenvalue weighted by Gasteiger charge is 2.03. The quantitative estimate of drug-likeness (QED) is 0.601. The first kappa shape index (κ1) is 7.74. The van der Waals surface area contributed by atoms with Gasteiger partial charge in [-0.3, -0.25) is 0 Å². The summed E-state index contributed by atoms with van der Waals surface area (Å²) in [5.74, 6) is 0. The van der Waals surface area contributed by atoms with E-state index in [1.165, 1.54) is 15.8 Å². The molecule has 1 aromatic heterocycles. The number of aryl methyl sites for hydroxylation is 3. The number of hydrogen-bond donors (Lipinski definition) is 0. The van der Waals surface area contributed by atoms with E-state index in [2.05, 4.69) is 31.0 Å². The second kappa shape index (κ2) is 2.56. The molecule has 0 spiro atoms. The Morgan fingerprint density at radius 3 is 2.83 bits per heavy atom. The lowest BCUT2D eigenvalue weighted by atomic mass is 10.1. The molecule has 1 radical (unpaired) electrons. The van der Waals surface area contributed by atoms with Crippen LogP contribution in [0.5, 0.6) is 0 Å². The van der Waals surface area contributed by atoms with Crippen molar-refractivity contribution in [2.45, 2.75) is 20.8 Å². The second-order valence-electron chi connectivity index (χ2n) is 3.05. The van der Waals surface area contributed by atoms with E-state index >= 15 is 0 Å². The third kappa shape index (κ3) is 1.12. The number of rotatable bonds is 0. The molecule has 0 unspecified atom stereocenters. The maximum absolute atomic E-state index is 4.44. The first-order valence-electron chi connectivity index (χ1n) is 3.93. The molecule has 2 aromatic rings. The molecule has 0 fully saturated rings. The molecule has 0 N–H and O–H groups in total. The van der Waals surface area contributed by atoms with Crippen LogP contribution in [0.25, 0.3) is 10.2 Å². The Bertz CT molecular complexity index is 429. The van der Waals surface area contributed by atoms with Gasteiger partial charge in [-0.2, -0.15) is 0 Å². The van der Waals surface area contributed by atoms with Gasteiger partial charge >= 0.3 is 0 Å². The van der Waals surface area contributed by atoms with Crippen LogP contribution in [-0.2, 0) is 0 Å². The molecule has 61 valence electrons. The SMILES string of the molecule is Cc1[c]c2sc(C)nc2c(C)c1. The molecule has 0 aliphatic heterocycles. The maximum atomic E-state index is 4.44. The summed E-state index contributed by atoms with van der Waals surface area (Å²) >= 11 is 1.71. The Morgan fingerprint density at radius 1 is 1.33 bits per heavy atom. The van der Waals surface area contributed by atoms with Gasteiger partial charge in [-0.25, -0.2) is 4.98 Å². The number of thiazole rings is 1. The molecule has 12 heavy (non-hydrogen) atoms. The third-order valence-electron chi connectivity index (χ3n) is 1.85. The molecule has 0 aliphatic rings. The van der Waals surface area contributed by atoms with Crippen molar-refractivity contribution in [1.82, 2.24) is 4.98 Å². The summed E-state index contributed by atoms with van der Waals surface area (Å²) in [5.41, 5.74) is 3.57. The van der Waals surface area contributed by atoms with E-state index in [9.17, 15) is 0 Å². The van der Waals surface area contributed by atoms with E-state index in [-0.39, 0.29) is 0 Å². The third-order valence-corrected chi connectivity index (χ3v) is 2.74. The second-order valence-corrected chi connectivity index (χ2v) is 4.25. The zero-order valence-corrected chi connectivity index (χ0v) is 8.25. The predicted octanol–water partition coefficient (Wildman–Crippen LogP) is 3.02. The lowest BCUT2D eigenvalue weighted by Gasteiger charge is -1.95. The van der Waals surface area contributed by atoms with E-state index in [0.717, 1.165) is 10.5 Å². The average molecular weight is 176 g/mol. The lowest BCUT2D eigenvalue weighted by molar-refractivity contribution is 1.31. The van der Waals surface area contributed by atoms with Gasteiger partial charge in [-0.15, -0.1) is 11.3 Å². The largest absolute Gasteiger partial charge is 0.241 e. The molecule has 1 nitrogen and oxygen atoms in total. The number of hydrogen-bond acceptors (Lipinski definition) is 2. The Labute approximate surface area is 76.1 Å². The van der Waals surface area contributed by atoms with Crippen LogP contribution in [-0.4, -0.2) is 4.98 Å². The summed E-state index contributed by atoms with van der Waals surface area (Å²) in [5, 5.41) is 1.12. The van der Waals surface area contributed by atoms with Crippen molar-refractivity contribution < 1.29 is 0 Å². The zero-order chi connectivity index (χ0) is 8.72. The highest BCUT2D eigenvalue weighted by atomic mass is 32.1. The molecule has 0 saturated carbocycles. The molecule has 1 heterocycles. The van der Waals surface area contributed by atoms with Crippen LogP contribution in [0.15, 0.2) is 6.07 Å². The number of nitrogens with zero attached hydrogens (tertiary/aromatic N) is 1. The highest BCUT2D eigenvalue weighted by molar-refractivity contribution is 7.18. The van der Waals surface area contributed by atoms with E-state index in [4.69, 9.17) is 0 Å². The van der Waals surface area contributed by atoms with Crippen LogP contribution in [0.2, 0.25) is 0 Å². The molecule has 1 aromatic carbocycles. The molecular weight excluding hydrogens is 166 g/mol.